The second-order valence-corrected chi connectivity index (χ2v) is 7.70. The molecule has 2 saturated carbocycles. The Labute approximate surface area is 142 Å². The lowest BCUT2D eigenvalue weighted by atomic mass is 9.85. The van der Waals surface area contributed by atoms with Crippen LogP contribution >= 0.6 is 0 Å². The van der Waals surface area contributed by atoms with Crippen molar-refractivity contribution in [3.63, 3.8) is 0 Å². The van der Waals surface area contributed by atoms with Crippen molar-refractivity contribution in [1.82, 2.24) is 5.32 Å². The molecule has 4 nitrogen and oxygen atoms in total. The van der Waals surface area contributed by atoms with Crippen LogP contribution in [0.15, 0.2) is 18.2 Å². The first-order valence-corrected chi connectivity index (χ1v) is 9.17. The molecule has 2 bridgehead atoms. The fourth-order valence-electron chi connectivity index (χ4n) is 5.10. The van der Waals surface area contributed by atoms with Crippen LogP contribution in [0.4, 0.5) is 0 Å². The van der Waals surface area contributed by atoms with E-state index in [1.807, 2.05) is 12.1 Å². The minimum absolute atomic E-state index is 0.264. The van der Waals surface area contributed by atoms with Crippen molar-refractivity contribution in [2.75, 3.05) is 13.3 Å². The first-order chi connectivity index (χ1) is 11.8. The Bertz CT molecular complexity index is 724. The second kappa shape index (κ2) is 5.54. The molecule has 1 aromatic rings. The molecule has 1 aromatic carbocycles. The van der Waals surface area contributed by atoms with Crippen LogP contribution in [-0.4, -0.2) is 19.1 Å². The lowest BCUT2D eigenvalue weighted by Crippen LogP contribution is -2.24. The molecular weight excluding hydrogens is 302 g/mol. The summed E-state index contributed by atoms with van der Waals surface area (Å²) in [7, 11) is 0. The Morgan fingerprint density at radius 1 is 1.21 bits per heavy atom. The van der Waals surface area contributed by atoms with Crippen molar-refractivity contribution in [2.45, 2.75) is 38.5 Å². The van der Waals surface area contributed by atoms with Crippen LogP contribution in [-0.2, 0) is 11.2 Å². The van der Waals surface area contributed by atoms with Gasteiger partial charge in [0.05, 0.1) is 0 Å². The summed E-state index contributed by atoms with van der Waals surface area (Å²) in [5.74, 6) is 4.19. The molecule has 0 saturated heterocycles. The van der Waals surface area contributed by atoms with Crippen LogP contribution in [0.25, 0.3) is 5.70 Å². The number of ketones is 1. The number of fused-ring (bicyclic) bond motifs is 4. The number of benzene rings is 1. The Hall–Kier alpha value is -1.97. The zero-order chi connectivity index (χ0) is 16.1. The van der Waals surface area contributed by atoms with E-state index in [1.54, 1.807) is 0 Å². The van der Waals surface area contributed by atoms with E-state index in [2.05, 4.69) is 11.4 Å². The Balaban J connectivity index is 1.37. The summed E-state index contributed by atoms with van der Waals surface area (Å²) < 4.78 is 11.0. The average molecular weight is 325 g/mol. The van der Waals surface area contributed by atoms with Gasteiger partial charge in [0.25, 0.3) is 0 Å². The van der Waals surface area contributed by atoms with Crippen LogP contribution in [0.2, 0.25) is 0 Å². The minimum atomic E-state index is 0.264. The van der Waals surface area contributed by atoms with Crippen LogP contribution < -0.4 is 14.8 Å². The standard InChI is InChI=1S/C20H23NO3/c22-16(7-15-6-12-1-2-13(15)5-12)9-18-17-10-20-19(23-11-24-20)8-14(17)3-4-21-18/h8-10,12-13,15,21H,1-7,11H2/t12-,13-,15-/m1/s1. The highest BCUT2D eigenvalue weighted by molar-refractivity contribution is 5.97. The third-order valence-electron chi connectivity index (χ3n) is 6.25. The summed E-state index contributed by atoms with van der Waals surface area (Å²) in [6.07, 6.45) is 8.84. The maximum absolute atomic E-state index is 12.6. The number of hydrogen-bond donors (Lipinski definition) is 1. The largest absolute Gasteiger partial charge is 0.454 e. The number of hydrogen-bond acceptors (Lipinski definition) is 4. The van der Waals surface area contributed by atoms with Gasteiger partial charge in [-0.15, -0.1) is 0 Å². The quantitative estimate of drug-likeness (QED) is 0.866. The second-order valence-electron chi connectivity index (χ2n) is 7.70. The maximum atomic E-state index is 12.6. The van der Waals surface area contributed by atoms with E-state index in [1.165, 1.54) is 31.2 Å². The topological polar surface area (TPSA) is 47.6 Å². The zero-order valence-corrected chi connectivity index (χ0v) is 13.8. The molecule has 2 fully saturated rings. The fraction of sp³-hybridized carbons (Fsp3) is 0.550. The van der Waals surface area contributed by atoms with Crippen molar-refractivity contribution < 1.29 is 14.3 Å². The van der Waals surface area contributed by atoms with E-state index in [9.17, 15) is 4.79 Å². The molecule has 0 radical (unpaired) electrons. The normalized spacial score (nSPS) is 31.2. The highest BCUT2D eigenvalue weighted by Crippen LogP contribution is 2.49. The van der Waals surface area contributed by atoms with Gasteiger partial charge in [-0.1, -0.05) is 6.42 Å². The molecule has 0 spiro atoms. The molecular formula is C20H23NO3. The van der Waals surface area contributed by atoms with Crippen molar-refractivity contribution in [3.05, 3.63) is 29.3 Å². The molecule has 4 heteroatoms. The van der Waals surface area contributed by atoms with Crippen molar-refractivity contribution >= 4 is 11.5 Å². The molecule has 0 aromatic heterocycles. The minimum Gasteiger partial charge on any atom is -0.454 e. The van der Waals surface area contributed by atoms with Gasteiger partial charge in [0.1, 0.15) is 0 Å². The third-order valence-corrected chi connectivity index (χ3v) is 6.25. The lowest BCUT2D eigenvalue weighted by molar-refractivity contribution is -0.115. The molecule has 1 N–H and O–H groups in total. The van der Waals surface area contributed by atoms with Gasteiger partial charge in [0.2, 0.25) is 6.79 Å². The highest BCUT2D eigenvalue weighted by Gasteiger charge is 2.39. The first kappa shape index (κ1) is 14.4. The predicted molar refractivity (Wildman–Crippen MR) is 90.8 cm³/mol. The van der Waals surface area contributed by atoms with Crippen LogP contribution in [0, 0.1) is 17.8 Å². The number of ether oxygens (including phenoxy) is 2. The monoisotopic (exact) mass is 325 g/mol. The van der Waals surface area contributed by atoms with E-state index in [-0.39, 0.29) is 12.6 Å². The molecule has 3 atom stereocenters. The van der Waals surface area contributed by atoms with E-state index in [0.29, 0.717) is 12.3 Å². The summed E-state index contributed by atoms with van der Waals surface area (Å²) in [5.41, 5.74) is 3.27. The van der Waals surface area contributed by atoms with Gasteiger partial charge >= 0.3 is 0 Å². The summed E-state index contributed by atoms with van der Waals surface area (Å²) in [6, 6.07) is 4.08. The number of rotatable bonds is 3. The van der Waals surface area contributed by atoms with Gasteiger partial charge in [0, 0.05) is 30.3 Å². The SMILES string of the molecule is O=C(C=C1NCCc2cc3c(cc21)OCO3)C[C@H]1C[C@@H]2CC[C@@H]1C2. The lowest BCUT2D eigenvalue weighted by Gasteiger charge is -2.23. The van der Waals surface area contributed by atoms with Gasteiger partial charge in [-0.05, 0) is 61.1 Å². The molecule has 5 rings (SSSR count). The molecule has 24 heavy (non-hydrogen) atoms. The van der Waals surface area contributed by atoms with Crippen LogP contribution in [0.1, 0.15) is 43.2 Å². The van der Waals surface area contributed by atoms with Gasteiger partial charge in [0.15, 0.2) is 17.3 Å². The van der Waals surface area contributed by atoms with Crippen molar-refractivity contribution in [3.8, 4) is 11.5 Å². The first-order valence-electron chi connectivity index (χ1n) is 9.17. The van der Waals surface area contributed by atoms with Gasteiger partial charge in [-0.25, -0.2) is 0 Å². The molecule has 126 valence electrons. The van der Waals surface area contributed by atoms with Crippen molar-refractivity contribution in [1.29, 1.82) is 0 Å². The molecule has 2 heterocycles. The van der Waals surface area contributed by atoms with E-state index >= 15 is 0 Å². The molecule has 4 aliphatic rings. The van der Waals surface area contributed by atoms with Crippen LogP contribution in [0.5, 0.6) is 11.5 Å². The third kappa shape index (κ3) is 2.40. The summed E-state index contributed by atoms with van der Waals surface area (Å²) in [5, 5.41) is 3.40. The zero-order valence-electron chi connectivity index (χ0n) is 13.8. The highest BCUT2D eigenvalue weighted by atomic mass is 16.7. The molecule has 0 unspecified atom stereocenters. The van der Waals surface area contributed by atoms with Crippen LogP contribution in [0.3, 0.4) is 0 Å². The number of allylic oxidation sites excluding steroid dienone is 1. The van der Waals surface area contributed by atoms with Gasteiger partial charge in [-0.2, -0.15) is 0 Å². The summed E-state index contributed by atoms with van der Waals surface area (Å²) in [6.45, 7) is 1.15. The van der Waals surface area contributed by atoms with E-state index in [0.717, 1.165) is 47.6 Å². The van der Waals surface area contributed by atoms with Gasteiger partial charge < -0.3 is 14.8 Å². The number of carbonyl (C=O) groups is 1. The molecule has 2 aliphatic carbocycles. The van der Waals surface area contributed by atoms with E-state index in [4.69, 9.17) is 9.47 Å². The fourth-order valence-corrected chi connectivity index (χ4v) is 5.10. The molecule has 2 aliphatic heterocycles. The number of carbonyl (C=O) groups excluding carboxylic acids is 1. The molecule has 0 amide bonds. The Kier molecular flexibility index (Phi) is 3.32. The maximum Gasteiger partial charge on any atom is 0.231 e. The summed E-state index contributed by atoms with van der Waals surface area (Å²) in [4.78, 5) is 12.6. The van der Waals surface area contributed by atoms with Crippen molar-refractivity contribution in [2.24, 2.45) is 17.8 Å². The average Bonchev–Trinajstić information content (AvgIpc) is 3.29. The Morgan fingerprint density at radius 2 is 2.08 bits per heavy atom. The summed E-state index contributed by atoms with van der Waals surface area (Å²) >= 11 is 0. The van der Waals surface area contributed by atoms with E-state index < -0.39 is 0 Å². The Morgan fingerprint density at radius 3 is 2.88 bits per heavy atom. The number of nitrogens with one attached hydrogen (secondary N) is 1. The smallest absolute Gasteiger partial charge is 0.231 e. The van der Waals surface area contributed by atoms with Gasteiger partial charge in [-0.3, -0.25) is 4.79 Å². The predicted octanol–water partition coefficient (Wildman–Crippen LogP) is 3.30.